The van der Waals surface area contributed by atoms with Gasteiger partial charge in [0.2, 0.25) is 0 Å². The first-order valence-electron chi connectivity index (χ1n) is 6.36. The minimum Gasteiger partial charge on any atom is -0.490 e. The van der Waals surface area contributed by atoms with Crippen LogP contribution in [0.25, 0.3) is 0 Å². The van der Waals surface area contributed by atoms with Gasteiger partial charge in [-0.1, -0.05) is 0 Å². The molecule has 0 aromatic heterocycles. The summed E-state index contributed by atoms with van der Waals surface area (Å²) < 4.78 is 15.7. The number of carbonyl (C=O) groups is 1. The highest BCUT2D eigenvalue weighted by atomic mass is 16.5. The minimum atomic E-state index is -0.419. The summed E-state index contributed by atoms with van der Waals surface area (Å²) in [5.41, 5.74) is 0.782. The van der Waals surface area contributed by atoms with Gasteiger partial charge in [0.15, 0.2) is 11.5 Å². The summed E-state index contributed by atoms with van der Waals surface area (Å²) in [4.78, 5) is 11.4. The number of carbonyl (C=O) groups excluding carboxylic acids is 1. The van der Waals surface area contributed by atoms with E-state index in [1.165, 1.54) is 7.11 Å². The molecule has 1 N–H and O–H groups in total. The maximum atomic E-state index is 11.4. The van der Waals surface area contributed by atoms with Gasteiger partial charge in [-0.2, -0.15) is 0 Å². The number of benzene rings is 1. The van der Waals surface area contributed by atoms with Crippen LogP contribution in [0.15, 0.2) is 18.2 Å². The van der Waals surface area contributed by atoms with Crippen molar-refractivity contribution in [2.75, 3.05) is 25.6 Å². The Labute approximate surface area is 113 Å². The number of esters is 1. The van der Waals surface area contributed by atoms with Crippen LogP contribution in [0.4, 0.5) is 5.69 Å². The van der Waals surface area contributed by atoms with Gasteiger partial charge in [-0.3, -0.25) is 0 Å². The molecule has 106 valence electrons. The number of hydrogen-bond acceptors (Lipinski definition) is 5. The fraction of sp³-hybridized carbons (Fsp3) is 0.500. The highest BCUT2D eigenvalue weighted by molar-refractivity contribution is 5.78. The Hall–Kier alpha value is -1.91. The molecule has 0 aliphatic carbocycles. The van der Waals surface area contributed by atoms with Crippen molar-refractivity contribution >= 4 is 11.7 Å². The second-order valence-corrected chi connectivity index (χ2v) is 3.92. The number of nitrogens with one attached hydrogen (secondary N) is 1. The molecule has 1 rings (SSSR count). The highest BCUT2D eigenvalue weighted by Crippen LogP contribution is 2.30. The van der Waals surface area contributed by atoms with Gasteiger partial charge < -0.3 is 19.5 Å². The molecule has 0 heterocycles. The Morgan fingerprint density at radius 1 is 1.21 bits per heavy atom. The number of hydrogen-bond donors (Lipinski definition) is 1. The summed E-state index contributed by atoms with van der Waals surface area (Å²) in [6.45, 7) is 6.69. The molecule has 0 spiro atoms. The zero-order valence-electron chi connectivity index (χ0n) is 11.9. The summed E-state index contributed by atoms with van der Waals surface area (Å²) >= 11 is 0. The van der Waals surface area contributed by atoms with Gasteiger partial charge in [-0.05, 0) is 32.9 Å². The minimum absolute atomic E-state index is 0.313. The van der Waals surface area contributed by atoms with E-state index >= 15 is 0 Å². The third-order valence-electron chi connectivity index (χ3n) is 2.48. The summed E-state index contributed by atoms with van der Waals surface area (Å²) in [7, 11) is 1.37. The molecule has 1 unspecified atom stereocenters. The second-order valence-electron chi connectivity index (χ2n) is 3.92. The average Bonchev–Trinajstić information content (AvgIpc) is 2.41. The van der Waals surface area contributed by atoms with Gasteiger partial charge in [-0.15, -0.1) is 0 Å². The molecule has 0 bridgehead atoms. The molecule has 19 heavy (non-hydrogen) atoms. The molecule has 1 aromatic rings. The molecule has 0 aliphatic heterocycles. The first-order chi connectivity index (χ1) is 9.12. The van der Waals surface area contributed by atoms with E-state index in [0.717, 1.165) is 5.69 Å². The van der Waals surface area contributed by atoms with Crippen LogP contribution in [0.1, 0.15) is 20.8 Å². The number of rotatable bonds is 7. The van der Waals surface area contributed by atoms with Crippen LogP contribution in [-0.4, -0.2) is 32.3 Å². The standard InChI is InChI=1S/C14H21NO4/c1-5-18-12-8-7-11(9-13(12)19-6-2)15-10(3)14(16)17-4/h7-10,15H,5-6H2,1-4H3. The molecule has 1 aromatic carbocycles. The molecule has 0 fully saturated rings. The fourth-order valence-electron chi connectivity index (χ4n) is 1.63. The van der Waals surface area contributed by atoms with Crippen LogP contribution in [0.3, 0.4) is 0 Å². The predicted octanol–water partition coefficient (Wildman–Crippen LogP) is 2.46. The molecule has 5 heteroatoms. The maximum Gasteiger partial charge on any atom is 0.327 e. The SMILES string of the molecule is CCOc1ccc(NC(C)C(=O)OC)cc1OCC. The van der Waals surface area contributed by atoms with E-state index in [9.17, 15) is 4.79 Å². The predicted molar refractivity (Wildman–Crippen MR) is 73.9 cm³/mol. The van der Waals surface area contributed by atoms with E-state index in [1.807, 2.05) is 32.0 Å². The van der Waals surface area contributed by atoms with Crippen molar-refractivity contribution in [2.24, 2.45) is 0 Å². The summed E-state index contributed by atoms with van der Waals surface area (Å²) in [5.74, 6) is 1.04. The van der Waals surface area contributed by atoms with Gasteiger partial charge >= 0.3 is 5.97 Å². The van der Waals surface area contributed by atoms with Gasteiger partial charge in [0.05, 0.1) is 20.3 Å². The summed E-state index contributed by atoms with van der Waals surface area (Å²) in [6.07, 6.45) is 0. The molecule has 0 radical (unpaired) electrons. The van der Waals surface area contributed by atoms with Crippen LogP contribution in [0, 0.1) is 0 Å². The van der Waals surface area contributed by atoms with Gasteiger partial charge in [-0.25, -0.2) is 4.79 Å². The van der Waals surface area contributed by atoms with Crippen molar-refractivity contribution in [1.82, 2.24) is 0 Å². The van der Waals surface area contributed by atoms with Crippen LogP contribution in [0.2, 0.25) is 0 Å². The molecule has 0 aliphatic rings. The zero-order chi connectivity index (χ0) is 14.3. The van der Waals surface area contributed by atoms with Gasteiger partial charge in [0, 0.05) is 11.8 Å². The van der Waals surface area contributed by atoms with Crippen LogP contribution in [0.5, 0.6) is 11.5 Å². The van der Waals surface area contributed by atoms with Crippen LogP contribution >= 0.6 is 0 Å². The third-order valence-corrected chi connectivity index (χ3v) is 2.48. The number of anilines is 1. The topological polar surface area (TPSA) is 56.8 Å². The van der Waals surface area contributed by atoms with E-state index in [-0.39, 0.29) is 5.97 Å². The van der Waals surface area contributed by atoms with Crippen molar-refractivity contribution < 1.29 is 19.0 Å². The number of methoxy groups -OCH3 is 1. The van der Waals surface area contributed by atoms with Crippen molar-refractivity contribution in [3.05, 3.63) is 18.2 Å². The molecule has 0 amide bonds. The lowest BCUT2D eigenvalue weighted by Gasteiger charge is -2.16. The lowest BCUT2D eigenvalue weighted by atomic mass is 10.2. The Morgan fingerprint density at radius 3 is 2.42 bits per heavy atom. The van der Waals surface area contributed by atoms with Crippen molar-refractivity contribution in [3.8, 4) is 11.5 Å². The lowest BCUT2D eigenvalue weighted by molar-refractivity contribution is -0.141. The number of ether oxygens (including phenoxy) is 3. The van der Waals surface area contributed by atoms with E-state index < -0.39 is 6.04 Å². The molecular weight excluding hydrogens is 246 g/mol. The van der Waals surface area contributed by atoms with Crippen LogP contribution < -0.4 is 14.8 Å². The lowest BCUT2D eigenvalue weighted by Crippen LogP contribution is -2.27. The molecule has 0 saturated heterocycles. The molecule has 1 atom stereocenters. The zero-order valence-corrected chi connectivity index (χ0v) is 11.9. The van der Waals surface area contributed by atoms with Gasteiger partial charge in [0.1, 0.15) is 6.04 Å². The largest absolute Gasteiger partial charge is 0.490 e. The van der Waals surface area contributed by atoms with Crippen molar-refractivity contribution in [2.45, 2.75) is 26.8 Å². The quantitative estimate of drug-likeness (QED) is 0.769. The Kier molecular flexibility index (Phi) is 5.99. The fourth-order valence-corrected chi connectivity index (χ4v) is 1.63. The van der Waals surface area contributed by atoms with Crippen molar-refractivity contribution in [3.63, 3.8) is 0 Å². The summed E-state index contributed by atoms with van der Waals surface area (Å²) in [6, 6.07) is 5.05. The molecule has 0 saturated carbocycles. The van der Waals surface area contributed by atoms with E-state index in [0.29, 0.717) is 24.7 Å². The first kappa shape index (κ1) is 15.1. The van der Waals surface area contributed by atoms with E-state index in [4.69, 9.17) is 9.47 Å². The van der Waals surface area contributed by atoms with E-state index in [2.05, 4.69) is 10.1 Å². The Morgan fingerprint density at radius 2 is 1.84 bits per heavy atom. The third kappa shape index (κ3) is 4.35. The highest BCUT2D eigenvalue weighted by Gasteiger charge is 2.14. The monoisotopic (exact) mass is 267 g/mol. The molecule has 5 nitrogen and oxygen atoms in total. The maximum absolute atomic E-state index is 11.4. The van der Waals surface area contributed by atoms with Crippen LogP contribution in [-0.2, 0) is 9.53 Å². The molecular formula is C14H21NO4. The summed E-state index contributed by atoms with van der Waals surface area (Å²) in [5, 5.41) is 3.05. The smallest absolute Gasteiger partial charge is 0.327 e. The van der Waals surface area contributed by atoms with E-state index in [1.54, 1.807) is 6.92 Å². The normalized spacial score (nSPS) is 11.6. The van der Waals surface area contributed by atoms with Crippen molar-refractivity contribution in [1.29, 1.82) is 0 Å². The Balaban J connectivity index is 2.85. The first-order valence-corrected chi connectivity index (χ1v) is 6.36. The Bertz CT molecular complexity index is 420. The average molecular weight is 267 g/mol. The van der Waals surface area contributed by atoms with Gasteiger partial charge in [0.25, 0.3) is 0 Å². The second kappa shape index (κ2) is 7.51.